The van der Waals surface area contributed by atoms with Crippen LogP contribution < -0.4 is 29.8 Å². The Hall–Kier alpha value is -5.45. The third kappa shape index (κ3) is 33.9. The van der Waals surface area contributed by atoms with Crippen LogP contribution in [-0.4, -0.2) is 165 Å². The first-order valence-corrected chi connectivity index (χ1v) is 54.1. The van der Waals surface area contributed by atoms with Gasteiger partial charge in [0.1, 0.15) is 59.4 Å². The normalized spacial score (nSPS) is 15.7. The molecule has 29 heteroatoms. The minimum Gasteiger partial charge on any atom is -0.496 e. The van der Waals surface area contributed by atoms with Gasteiger partial charge in [-0.1, -0.05) is 126 Å². The number of hydrogen-bond acceptors (Lipinski definition) is 21. The van der Waals surface area contributed by atoms with Crippen molar-refractivity contribution in [3.05, 3.63) is 92.1 Å². The van der Waals surface area contributed by atoms with Crippen molar-refractivity contribution in [2.24, 2.45) is 17.6 Å². The van der Waals surface area contributed by atoms with Crippen molar-refractivity contribution in [1.82, 2.24) is 5.09 Å². The Morgan fingerprint density at radius 3 is 1.24 bits per heavy atom. The van der Waals surface area contributed by atoms with E-state index in [1.54, 1.807) is 60.1 Å². The molecule has 0 saturated carbocycles. The first kappa shape index (κ1) is 93.6. The van der Waals surface area contributed by atoms with E-state index in [0.29, 0.717) is 106 Å². The summed E-state index contributed by atoms with van der Waals surface area (Å²) in [6, 6.07) is 2.30. The highest BCUT2D eigenvalue weighted by atomic mass is 31.2. The van der Waals surface area contributed by atoms with E-state index in [1.165, 1.54) is 14.2 Å². The van der Waals surface area contributed by atoms with Crippen LogP contribution in [0.1, 0.15) is 121 Å². The highest BCUT2D eigenvalue weighted by Crippen LogP contribution is 2.46. The molecule has 0 radical (unpaired) electrons. The lowest BCUT2D eigenvalue weighted by atomic mass is 9.93. The van der Waals surface area contributed by atoms with Gasteiger partial charge in [0.15, 0.2) is 0 Å². The Kier molecular flexibility index (Phi) is 40.0. The number of carbonyl (C=O) groups is 6. The molecule has 2 aromatic rings. The van der Waals surface area contributed by atoms with Crippen LogP contribution >= 0.6 is 15.1 Å². The van der Waals surface area contributed by atoms with Crippen LogP contribution in [0.4, 0.5) is 0 Å². The highest BCUT2D eigenvalue weighted by Gasteiger charge is 2.36. The maximum atomic E-state index is 13.4. The molecule has 2 aliphatic rings. The summed E-state index contributed by atoms with van der Waals surface area (Å²) in [7, 11) is -6.89. The van der Waals surface area contributed by atoms with E-state index in [0.717, 1.165) is 68.7 Å². The summed E-state index contributed by atoms with van der Waals surface area (Å²) in [6.45, 7) is 44.2. The molecule has 4 N–H and O–H groups in total. The number of esters is 6. The van der Waals surface area contributed by atoms with Crippen LogP contribution in [0.3, 0.4) is 0 Å². The van der Waals surface area contributed by atoms with Gasteiger partial charge in [0.05, 0.1) is 78.0 Å². The number of allylic oxidation sites excluding steroid dienone is 8. The molecule has 2 heterocycles. The van der Waals surface area contributed by atoms with E-state index in [9.17, 15) is 42.8 Å². The predicted octanol–water partition coefficient (Wildman–Crippen LogP) is 15.5. The Morgan fingerprint density at radius 2 is 0.913 bits per heavy atom. The van der Waals surface area contributed by atoms with E-state index in [-0.39, 0.29) is 56.0 Å². The number of methoxy groups -OCH3 is 2. The number of nitrogens with two attached hydrogens (primary N) is 1. The predicted molar refractivity (Wildman–Crippen MR) is 419 cm³/mol. The van der Waals surface area contributed by atoms with E-state index in [2.05, 4.69) is 92.9 Å². The monoisotopic (exact) mass is 1550 g/mol. The van der Waals surface area contributed by atoms with Crippen molar-refractivity contribution in [3.8, 4) is 23.0 Å². The van der Waals surface area contributed by atoms with Crippen LogP contribution in [0.25, 0.3) is 0 Å². The van der Waals surface area contributed by atoms with Gasteiger partial charge >= 0.3 is 43.4 Å². The summed E-state index contributed by atoms with van der Waals surface area (Å²) in [6.07, 6.45) is 13.3. The van der Waals surface area contributed by atoms with Gasteiger partial charge in [-0.2, -0.15) is 0 Å². The van der Waals surface area contributed by atoms with Crippen molar-refractivity contribution in [2.75, 3.05) is 80.4 Å². The molecule has 0 aromatic heterocycles. The second-order valence-electron chi connectivity index (χ2n) is 31.0. The molecule has 0 bridgehead atoms. The fourth-order valence-electron chi connectivity index (χ4n) is 10.5. The third-order valence-corrected chi connectivity index (χ3v) is 27.0. The van der Waals surface area contributed by atoms with Crippen molar-refractivity contribution < 1.29 is 99.2 Å². The topological polar surface area (TPSA) is 306 Å². The summed E-state index contributed by atoms with van der Waals surface area (Å²) >= 11 is 0. The van der Waals surface area contributed by atoms with Gasteiger partial charge in [-0.25, -0.2) is 14.7 Å². The van der Waals surface area contributed by atoms with Crippen molar-refractivity contribution in [2.45, 2.75) is 222 Å². The molecule has 0 saturated heterocycles. The van der Waals surface area contributed by atoms with E-state index in [1.807, 2.05) is 45.9 Å². The minimum atomic E-state index is -3.67. The van der Waals surface area contributed by atoms with Gasteiger partial charge in [-0.05, 0) is 129 Å². The van der Waals surface area contributed by atoms with E-state index in [4.69, 9.17) is 52.9 Å². The zero-order valence-corrected chi connectivity index (χ0v) is 72.3. The SMILES string of the molecule is CCOC(=O)[C@H](C)N.CCOC(=O)[C@H](C)NP(=O)(C/C=C/CC(C/C(C)=C/Cc1c(OC)c(C)c2c(c1OCC[Si](C)(C)C)C(=O)OC2)C(=O)OCC[Si](C)(C)C)OC.COc1c(C)c2c(c(OCC[Si](C)(C)C)c1C/C=C(\C)CC(C/C=C/CP(=O)(O)OC)C(=O)OCC[Si](C)(C)C)C(=O)OC2. The molecule has 23 nitrogen and oxygen atoms in total. The van der Waals surface area contributed by atoms with Crippen molar-refractivity contribution in [1.29, 1.82) is 0 Å². The summed E-state index contributed by atoms with van der Waals surface area (Å²) in [5.41, 5.74) is 12.9. The lowest BCUT2D eigenvalue weighted by Gasteiger charge is -2.22. The molecule has 4 rings (SSSR count). The second kappa shape index (κ2) is 44.0. The van der Waals surface area contributed by atoms with Crippen LogP contribution in [0.2, 0.25) is 103 Å². The van der Waals surface area contributed by atoms with Crippen LogP contribution in [0.5, 0.6) is 23.0 Å². The first-order chi connectivity index (χ1) is 47.8. The lowest BCUT2D eigenvalue weighted by Crippen LogP contribution is -2.34. The Labute approximate surface area is 619 Å². The molecule has 0 amide bonds. The van der Waals surface area contributed by atoms with Gasteiger partial charge in [-0.15, -0.1) is 0 Å². The van der Waals surface area contributed by atoms with E-state index >= 15 is 0 Å². The standard InChI is InChI=1S/C37H62NO10PSi2.C32H53O9PSi2.C5H11NO2/c1-13-45-35(39)28(4)38-49(42,44-6)21-15-14-16-29(36(40)47-20-23-51(10,11)12)24-26(2)17-18-30-33(43-5)27(3)31-25-48-37(41)32(31)34(30)46-19-22-50(7,8)9;1-23(21-25(13-11-12-18-42(35,36)38-4)31(33)40-17-20-44(8,9)10)14-15-26-29(37-3)24(2)27-22-41-32(34)28(27)30(26)39-16-19-43(5,6)7;1-3-8-5(7)4(2)6/h14-15,17,28-29H,13,16,18-25H2,1-12H3,(H,38,42);11-12,14,25H,13,15-22H2,1-10H3,(H,35,36);4H,3,6H2,1-2H3/b15-14+,26-17+;12-11+,23-14+;/t28-,29?,49?;;4-/m0.0/s1. The first-order valence-electron chi connectivity index (χ1n) is 35.7. The van der Waals surface area contributed by atoms with Crippen LogP contribution in [0, 0.1) is 25.7 Å². The third-order valence-electron chi connectivity index (χ3n) is 16.9. The average Bonchev–Trinajstić information content (AvgIpc) is 1.69. The number of hydrogen-bond donors (Lipinski definition) is 3. The van der Waals surface area contributed by atoms with Gasteiger partial charge in [-0.3, -0.25) is 28.3 Å². The van der Waals surface area contributed by atoms with Gasteiger partial charge < -0.3 is 67.0 Å². The quantitative estimate of drug-likeness (QED) is 0.0183. The maximum absolute atomic E-state index is 13.4. The zero-order valence-electron chi connectivity index (χ0n) is 66.5. The zero-order chi connectivity index (χ0) is 78.4. The molecule has 0 spiro atoms. The Balaban J connectivity index is 0.000000637. The fourth-order valence-corrected chi connectivity index (χ4v) is 15.4. The van der Waals surface area contributed by atoms with E-state index < -0.39 is 83.3 Å². The highest BCUT2D eigenvalue weighted by molar-refractivity contribution is 7.57. The molecular weight excluding hydrogens is 1430 g/mol. The maximum Gasteiger partial charge on any atom is 0.342 e. The molecule has 4 unspecified atom stereocenters. The summed E-state index contributed by atoms with van der Waals surface area (Å²) in [5.74, 6) is -0.797. The smallest absolute Gasteiger partial charge is 0.342 e. The molecule has 584 valence electrons. The number of nitrogens with one attached hydrogen (secondary N) is 1. The molecule has 6 atom stereocenters. The summed E-state index contributed by atoms with van der Waals surface area (Å²) in [4.78, 5) is 84.5. The van der Waals surface area contributed by atoms with Crippen molar-refractivity contribution in [3.63, 3.8) is 0 Å². The second-order valence-corrected chi connectivity index (χ2v) is 57.8. The Morgan fingerprint density at radius 1 is 0.544 bits per heavy atom. The van der Waals surface area contributed by atoms with Crippen LogP contribution in [-0.2, 0) is 91.8 Å². The number of rotatable bonds is 42. The molecule has 2 aromatic carbocycles. The van der Waals surface area contributed by atoms with Gasteiger partial charge in [0, 0.05) is 68.8 Å². The number of benzene rings is 2. The van der Waals surface area contributed by atoms with Crippen LogP contribution in [0.15, 0.2) is 47.6 Å². The molecule has 2 aliphatic heterocycles. The average molecular weight is 1550 g/mol. The molecule has 0 aliphatic carbocycles. The van der Waals surface area contributed by atoms with Gasteiger partial charge in [0.25, 0.3) is 7.52 Å². The number of carbonyl (C=O) groups excluding carboxylic acids is 6. The fraction of sp³-hybridized carbons (Fsp3) is 0.649. The number of cyclic esters (lactones) is 2. The minimum absolute atomic E-state index is 0.0276. The largest absolute Gasteiger partial charge is 0.496 e. The summed E-state index contributed by atoms with van der Waals surface area (Å²) < 4.78 is 91.3. The summed E-state index contributed by atoms with van der Waals surface area (Å²) in [5, 5.41) is 2.76. The number of fused-ring (bicyclic) bond motifs is 2. The molecule has 0 fully saturated rings. The molecule has 103 heavy (non-hydrogen) atoms. The lowest BCUT2D eigenvalue weighted by molar-refractivity contribution is -0.148. The Bertz CT molecular complexity index is 3380. The molecular formula is C74H126N2O21P2Si4. The number of ether oxygens (including phenoxy) is 10. The van der Waals surface area contributed by atoms with Crippen molar-refractivity contribution >= 4 is 83.2 Å². The van der Waals surface area contributed by atoms with Gasteiger partial charge in [0.2, 0.25) is 0 Å².